The zero-order valence-corrected chi connectivity index (χ0v) is 17.3. The summed E-state index contributed by atoms with van der Waals surface area (Å²) in [6.07, 6.45) is 0.600. The van der Waals surface area contributed by atoms with E-state index in [9.17, 15) is 9.59 Å². The van der Waals surface area contributed by atoms with Crippen LogP contribution in [0.5, 0.6) is 0 Å². The van der Waals surface area contributed by atoms with Gasteiger partial charge in [-0.25, -0.2) is 4.79 Å². The number of pyridine rings is 1. The summed E-state index contributed by atoms with van der Waals surface area (Å²) < 4.78 is 1.98. The van der Waals surface area contributed by atoms with Crippen LogP contribution in [0.1, 0.15) is 29.3 Å². The molecule has 0 aliphatic rings. The third-order valence-corrected chi connectivity index (χ3v) is 6.19. The van der Waals surface area contributed by atoms with E-state index in [0.29, 0.717) is 17.3 Å². The SMILES string of the molecule is CCC(Sc1nnc2cc(C)c3ccccc3n12)C(=O)Nc1ccc(C(=O)O)cc1. The summed E-state index contributed by atoms with van der Waals surface area (Å²) in [6, 6.07) is 16.1. The number of hydrogen-bond donors (Lipinski definition) is 2. The van der Waals surface area contributed by atoms with Crippen molar-refractivity contribution in [2.45, 2.75) is 30.7 Å². The Morgan fingerprint density at radius 1 is 1.13 bits per heavy atom. The fourth-order valence-electron chi connectivity index (χ4n) is 3.32. The largest absolute Gasteiger partial charge is 0.478 e. The van der Waals surface area contributed by atoms with E-state index in [2.05, 4.69) is 21.6 Å². The molecule has 0 fully saturated rings. The number of benzene rings is 2. The number of carboxylic acids is 1. The summed E-state index contributed by atoms with van der Waals surface area (Å²) in [5.41, 5.74) is 3.59. The molecule has 4 rings (SSSR count). The van der Waals surface area contributed by atoms with E-state index < -0.39 is 5.97 Å². The van der Waals surface area contributed by atoms with Crippen molar-refractivity contribution in [3.63, 3.8) is 0 Å². The predicted molar refractivity (Wildman–Crippen MR) is 117 cm³/mol. The number of fused-ring (bicyclic) bond motifs is 3. The molecule has 2 aromatic carbocycles. The molecule has 0 aliphatic carbocycles. The van der Waals surface area contributed by atoms with Crippen molar-refractivity contribution in [3.8, 4) is 0 Å². The van der Waals surface area contributed by atoms with Gasteiger partial charge in [0.05, 0.1) is 16.3 Å². The molecule has 0 radical (unpaired) electrons. The van der Waals surface area contributed by atoms with Crippen molar-refractivity contribution >= 4 is 45.9 Å². The minimum absolute atomic E-state index is 0.168. The van der Waals surface area contributed by atoms with Crippen molar-refractivity contribution in [2.24, 2.45) is 0 Å². The van der Waals surface area contributed by atoms with Gasteiger partial charge in [0.1, 0.15) is 0 Å². The first-order chi connectivity index (χ1) is 14.5. The molecule has 0 aliphatic heterocycles. The molecule has 1 atom stereocenters. The molecule has 2 heterocycles. The van der Waals surface area contributed by atoms with E-state index in [-0.39, 0.29) is 16.7 Å². The number of amides is 1. The molecule has 2 N–H and O–H groups in total. The number of para-hydroxylation sites is 1. The quantitative estimate of drug-likeness (QED) is 0.449. The lowest BCUT2D eigenvalue weighted by molar-refractivity contribution is -0.115. The lowest BCUT2D eigenvalue weighted by Gasteiger charge is -2.14. The maximum absolute atomic E-state index is 12.8. The van der Waals surface area contributed by atoms with Gasteiger partial charge in [-0.15, -0.1) is 10.2 Å². The lowest BCUT2D eigenvalue weighted by atomic mass is 10.1. The Labute approximate surface area is 177 Å². The Morgan fingerprint density at radius 2 is 1.87 bits per heavy atom. The van der Waals surface area contributed by atoms with Crippen LogP contribution in [0.3, 0.4) is 0 Å². The fraction of sp³-hybridized carbons (Fsp3) is 0.182. The smallest absolute Gasteiger partial charge is 0.335 e. The van der Waals surface area contributed by atoms with Crippen LogP contribution in [-0.4, -0.2) is 36.8 Å². The molecule has 0 bridgehead atoms. The molecule has 2 aromatic heterocycles. The van der Waals surface area contributed by atoms with E-state index in [0.717, 1.165) is 22.1 Å². The third-order valence-electron chi connectivity index (χ3n) is 4.88. The van der Waals surface area contributed by atoms with Crippen LogP contribution in [0.2, 0.25) is 0 Å². The van der Waals surface area contributed by atoms with Gasteiger partial charge >= 0.3 is 5.97 Å². The van der Waals surface area contributed by atoms with Crippen LogP contribution in [-0.2, 0) is 4.79 Å². The van der Waals surface area contributed by atoms with Crippen LogP contribution < -0.4 is 5.32 Å². The highest BCUT2D eigenvalue weighted by atomic mass is 32.2. The van der Waals surface area contributed by atoms with Gasteiger partial charge in [0, 0.05) is 11.1 Å². The van der Waals surface area contributed by atoms with Gasteiger partial charge in [-0.3, -0.25) is 9.20 Å². The Kier molecular flexibility index (Phi) is 5.41. The molecule has 0 saturated carbocycles. The molecule has 8 heteroatoms. The van der Waals surface area contributed by atoms with E-state index in [4.69, 9.17) is 5.11 Å². The van der Waals surface area contributed by atoms with Gasteiger partial charge < -0.3 is 10.4 Å². The molecule has 1 unspecified atom stereocenters. The van der Waals surface area contributed by atoms with E-state index >= 15 is 0 Å². The van der Waals surface area contributed by atoms with Crippen LogP contribution in [0.25, 0.3) is 16.6 Å². The van der Waals surface area contributed by atoms with Gasteiger partial charge in [0.25, 0.3) is 0 Å². The van der Waals surface area contributed by atoms with Crippen molar-refractivity contribution in [2.75, 3.05) is 5.32 Å². The van der Waals surface area contributed by atoms with Crippen molar-refractivity contribution in [3.05, 3.63) is 65.7 Å². The van der Waals surface area contributed by atoms with Crippen molar-refractivity contribution in [1.82, 2.24) is 14.6 Å². The predicted octanol–water partition coefficient (Wildman–Crippen LogP) is 4.40. The van der Waals surface area contributed by atoms with Gasteiger partial charge in [0.2, 0.25) is 5.91 Å². The van der Waals surface area contributed by atoms with Gasteiger partial charge in [-0.2, -0.15) is 0 Å². The zero-order valence-electron chi connectivity index (χ0n) is 16.5. The molecule has 0 spiro atoms. The van der Waals surface area contributed by atoms with Gasteiger partial charge in [-0.05, 0) is 55.3 Å². The average Bonchev–Trinajstić information content (AvgIpc) is 3.15. The van der Waals surface area contributed by atoms with Crippen molar-refractivity contribution in [1.29, 1.82) is 0 Å². The number of carboxylic acid groups (broad SMARTS) is 1. The maximum Gasteiger partial charge on any atom is 0.335 e. The summed E-state index contributed by atoms with van der Waals surface area (Å²) in [5, 5.41) is 21.9. The molecule has 152 valence electrons. The van der Waals surface area contributed by atoms with Gasteiger partial charge in [0.15, 0.2) is 10.8 Å². The zero-order chi connectivity index (χ0) is 21.3. The maximum atomic E-state index is 12.8. The highest BCUT2D eigenvalue weighted by molar-refractivity contribution is 8.00. The van der Waals surface area contributed by atoms with Crippen LogP contribution in [0.4, 0.5) is 5.69 Å². The van der Waals surface area contributed by atoms with E-state index in [1.54, 1.807) is 12.1 Å². The average molecular weight is 420 g/mol. The van der Waals surface area contributed by atoms with E-state index in [1.165, 1.54) is 23.9 Å². The summed E-state index contributed by atoms with van der Waals surface area (Å²) >= 11 is 1.36. The monoisotopic (exact) mass is 420 g/mol. The summed E-state index contributed by atoms with van der Waals surface area (Å²) in [4.78, 5) is 23.8. The van der Waals surface area contributed by atoms with Gasteiger partial charge in [-0.1, -0.05) is 36.9 Å². The topological polar surface area (TPSA) is 96.6 Å². The Balaban J connectivity index is 1.60. The van der Waals surface area contributed by atoms with E-state index in [1.807, 2.05) is 42.5 Å². The number of hydrogen-bond acceptors (Lipinski definition) is 5. The third kappa shape index (κ3) is 3.73. The number of carbonyl (C=O) groups excluding carboxylic acids is 1. The second-order valence-corrected chi connectivity index (χ2v) is 8.08. The Hall–Kier alpha value is -3.39. The van der Waals surface area contributed by atoms with Crippen LogP contribution in [0.15, 0.2) is 59.8 Å². The van der Waals surface area contributed by atoms with Crippen LogP contribution in [0, 0.1) is 6.92 Å². The van der Waals surface area contributed by atoms with Crippen molar-refractivity contribution < 1.29 is 14.7 Å². The highest BCUT2D eigenvalue weighted by Gasteiger charge is 2.22. The molecule has 30 heavy (non-hydrogen) atoms. The lowest BCUT2D eigenvalue weighted by Crippen LogP contribution is -2.24. The molecular weight excluding hydrogens is 400 g/mol. The second kappa shape index (κ2) is 8.16. The normalized spacial score (nSPS) is 12.2. The number of carbonyl (C=O) groups is 2. The standard InChI is InChI=1S/C22H20N4O3S/c1-3-18(20(27)23-15-10-8-14(9-11-15)21(28)29)30-22-25-24-19-12-13(2)16-6-4-5-7-17(16)26(19)22/h4-12,18H,3H2,1-2H3,(H,23,27)(H,28,29). The minimum atomic E-state index is -1.00. The number of anilines is 1. The first-order valence-corrected chi connectivity index (χ1v) is 10.4. The molecule has 4 aromatic rings. The fourth-order valence-corrected chi connectivity index (χ4v) is 4.29. The first kappa shape index (κ1) is 19.9. The summed E-state index contributed by atoms with van der Waals surface area (Å²) in [5.74, 6) is -1.17. The summed E-state index contributed by atoms with van der Waals surface area (Å²) in [7, 11) is 0. The summed E-state index contributed by atoms with van der Waals surface area (Å²) in [6.45, 7) is 3.98. The number of thioether (sulfide) groups is 1. The number of nitrogens with one attached hydrogen (secondary N) is 1. The minimum Gasteiger partial charge on any atom is -0.478 e. The number of nitrogens with zero attached hydrogens (tertiary/aromatic N) is 3. The highest BCUT2D eigenvalue weighted by Crippen LogP contribution is 2.29. The molecular formula is C22H20N4O3S. The number of rotatable bonds is 6. The number of aromatic nitrogens is 3. The number of aryl methyl sites for hydroxylation is 1. The molecule has 7 nitrogen and oxygen atoms in total. The Bertz CT molecular complexity index is 1250. The first-order valence-electron chi connectivity index (χ1n) is 9.52. The second-order valence-electron chi connectivity index (χ2n) is 6.91. The molecule has 0 saturated heterocycles. The number of aromatic carboxylic acids is 1. The Morgan fingerprint density at radius 3 is 2.57 bits per heavy atom. The van der Waals surface area contributed by atoms with Crippen LogP contribution >= 0.6 is 11.8 Å². The molecule has 1 amide bonds.